The van der Waals surface area contributed by atoms with Crippen LogP contribution in [0.25, 0.3) is 0 Å². The lowest BCUT2D eigenvalue weighted by atomic mass is 9.34. The summed E-state index contributed by atoms with van der Waals surface area (Å²) in [6.07, 6.45) is 11.3. The average Bonchev–Trinajstić information content (AvgIpc) is 2.74. The molecule has 0 N–H and O–H groups in total. The van der Waals surface area contributed by atoms with Crippen molar-refractivity contribution in [1.29, 1.82) is 0 Å². The number of hydrogen-bond donors (Lipinski definition) is 0. The molecule has 0 aromatic rings. The number of allylic oxidation sites excluding steroid dienone is 2. The third-order valence-electron chi connectivity index (χ3n) is 13.2. The SMILES string of the molecule is CC(=O)O[C@H]1CC[C@]2(C)[C@H]3CC[C@@]4(C)C(=CC(=O)[C@@]5(C)CC[C@@H](C)[C@H](C)C45)[C@]3(C)CC[C@H]2C1(C)C. The largest absolute Gasteiger partial charge is 0.462 e. The topological polar surface area (TPSA) is 43.4 Å². The molecule has 5 aliphatic rings. The maximum Gasteiger partial charge on any atom is 0.302 e. The summed E-state index contributed by atoms with van der Waals surface area (Å²) in [5.74, 6) is 3.11. The van der Waals surface area contributed by atoms with Gasteiger partial charge in [0.25, 0.3) is 0 Å². The van der Waals surface area contributed by atoms with E-state index < -0.39 is 0 Å². The van der Waals surface area contributed by atoms with Crippen LogP contribution in [0.15, 0.2) is 11.6 Å². The van der Waals surface area contributed by atoms with Gasteiger partial charge in [0.1, 0.15) is 6.10 Å². The fourth-order valence-electron chi connectivity index (χ4n) is 11.5. The molecule has 0 radical (unpaired) electrons. The minimum absolute atomic E-state index is 0.0112. The lowest BCUT2D eigenvalue weighted by molar-refractivity contribution is -0.199. The number of fused-ring (bicyclic) bond motifs is 7. The molecular formula is C32H50O3. The van der Waals surface area contributed by atoms with Gasteiger partial charge in [-0.1, -0.05) is 61.0 Å². The van der Waals surface area contributed by atoms with Gasteiger partial charge in [-0.2, -0.15) is 0 Å². The van der Waals surface area contributed by atoms with E-state index in [4.69, 9.17) is 4.74 Å². The van der Waals surface area contributed by atoms with Crippen LogP contribution in [-0.4, -0.2) is 17.9 Å². The first-order valence-electron chi connectivity index (χ1n) is 14.6. The van der Waals surface area contributed by atoms with Crippen LogP contribution in [0.1, 0.15) is 114 Å². The summed E-state index contributed by atoms with van der Waals surface area (Å²) in [4.78, 5) is 25.8. The molecule has 0 amide bonds. The second-order valence-electron chi connectivity index (χ2n) is 15.2. The number of carbonyl (C=O) groups is 2. The van der Waals surface area contributed by atoms with E-state index in [-0.39, 0.29) is 39.1 Å². The first-order chi connectivity index (χ1) is 16.1. The Kier molecular flexibility index (Phi) is 5.62. The van der Waals surface area contributed by atoms with Gasteiger partial charge in [0.15, 0.2) is 5.78 Å². The van der Waals surface area contributed by atoms with E-state index in [1.165, 1.54) is 24.8 Å². The standard InChI is InChI=1S/C32H50O3/c1-19-10-14-32(9)25(34)18-24-30(7)15-11-22-28(4,5)26(35-21(3)33)13-17-29(22,6)23(30)12-16-31(24,8)27(32)20(19)2/h18-20,22-23,26-27H,10-17H2,1-9H3/t19-,20+,22+,23-,26+,27?,29+,30-,31+,32-/m1/s1. The highest BCUT2D eigenvalue weighted by molar-refractivity contribution is 5.97. The predicted molar refractivity (Wildman–Crippen MR) is 141 cm³/mol. The molecule has 0 heterocycles. The van der Waals surface area contributed by atoms with Crippen LogP contribution in [0.5, 0.6) is 0 Å². The Morgan fingerprint density at radius 1 is 0.829 bits per heavy atom. The fourth-order valence-corrected chi connectivity index (χ4v) is 11.5. The zero-order chi connectivity index (χ0) is 25.8. The second-order valence-corrected chi connectivity index (χ2v) is 15.2. The molecule has 35 heavy (non-hydrogen) atoms. The maximum atomic E-state index is 13.9. The van der Waals surface area contributed by atoms with Crippen molar-refractivity contribution in [2.45, 2.75) is 120 Å². The molecule has 4 saturated carbocycles. The van der Waals surface area contributed by atoms with Crippen LogP contribution in [-0.2, 0) is 14.3 Å². The highest BCUT2D eigenvalue weighted by Gasteiger charge is 2.68. The molecule has 3 heteroatoms. The third-order valence-corrected chi connectivity index (χ3v) is 13.2. The summed E-state index contributed by atoms with van der Waals surface area (Å²) in [5, 5.41) is 0. The maximum absolute atomic E-state index is 13.9. The molecule has 4 fully saturated rings. The van der Waals surface area contributed by atoms with E-state index in [2.05, 4.69) is 61.5 Å². The van der Waals surface area contributed by atoms with Crippen LogP contribution < -0.4 is 0 Å². The lowest BCUT2D eigenvalue weighted by Gasteiger charge is -2.70. The van der Waals surface area contributed by atoms with Crippen LogP contribution in [0.3, 0.4) is 0 Å². The van der Waals surface area contributed by atoms with Crippen molar-refractivity contribution >= 4 is 11.8 Å². The first-order valence-corrected chi connectivity index (χ1v) is 14.6. The van der Waals surface area contributed by atoms with E-state index in [1.807, 2.05) is 0 Å². The monoisotopic (exact) mass is 482 g/mol. The van der Waals surface area contributed by atoms with E-state index >= 15 is 0 Å². The van der Waals surface area contributed by atoms with Crippen LogP contribution in [0.2, 0.25) is 0 Å². The molecule has 196 valence electrons. The molecule has 0 aromatic heterocycles. The minimum atomic E-state index is -0.196. The van der Waals surface area contributed by atoms with Crippen LogP contribution >= 0.6 is 0 Å². The van der Waals surface area contributed by atoms with Crippen molar-refractivity contribution in [3.05, 3.63) is 11.6 Å². The summed E-state index contributed by atoms with van der Waals surface area (Å²) in [6, 6.07) is 0. The van der Waals surface area contributed by atoms with E-state index in [0.29, 0.717) is 35.4 Å². The Morgan fingerprint density at radius 2 is 1.43 bits per heavy atom. The zero-order valence-corrected chi connectivity index (χ0v) is 23.9. The van der Waals surface area contributed by atoms with Gasteiger partial charge >= 0.3 is 5.97 Å². The number of esters is 1. The highest BCUT2D eigenvalue weighted by atomic mass is 16.5. The van der Waals surface area contributed by atoms with Crippen molar-refractivity contribution in [2.75, 3.05) is 0 Å². The van der Waals surface area contributed by atoms with Gasteiger partial charge in [0, 0.05) is 17.8 Å². The Labute approximate surface area is 214 Å². The van der Waals surface area contributed by atoms with E-state index in [9.17, 15) is 9.59 Å². The first kappa shape index (κ1) is 25.5. The fraction of sp³-hybridized carbons (Fsp3) is 0.875. The molecule has 10 atom stereocenters. The predicted octanol–water partition coefficient (Wildman–Crippen LogP) is 7.77. The molecular weight excluding hydrogens is 432 g/mol. The normalized spacial score (nSPS) is 52.8. The number of rotatable bonds is 1. The van der Waals surface area contributed by atoms with Crippen molar-refractivity contribution in [1.82, 2.24) is 0 Å². The summed E-state index contributed by atoms with van der Waals surface area (Å²) in [6.45, 7) is 21.0. The molecule has 0 spiro atoms. The molecule has 3 nitrogen and oxygen atoms in total. The van der Waals surface area contributed by atoms with Gasteiger partial charge in [-0.15, -0.1) is 0 Å². The Morgan fingerprint density at radius 3 is 2.09 bits per heavy atom. The van der Waals surface area contributed by atoms with Gasteiger partial charge in [-0.05, 0) is 103 Å². The average molecular weight is 483 g/mol. The molecule has 1 unspecified atom stereocenters. The Balaban J connectivity index is 1.56. The highest BCUT2D eigenvalue weighted by Crippen LogP contribution is 2.74. The van der Waals surface area contributed by atoms with Gasteiger partial charge < -0.3 is 4.74 Å². The quantitative estimate of drug-likeness (QED) is 0.358. The Hall–Kier alpha value is -1.12. The molecule has 5 rings (SSSR count). The van der Waals surface area contributed by atoms with E-state index in [1.54, 1.807) is 6.92 Å². The summed E-state index contributed by atoms with van der Waals surface area (Å²) >= 11 is 0. The van der Waals surface area contributed by atoms with Gasteiger partial charge in [-0.25, -0.2) is 0 Å². The molecule has 5 aliphatic carbocycles. The Bertz CT molecular complexity index is 962. The summed E-state index contributed by atoms with van der Waals surface area (Å²) in [5.41, 5.74) is 1.71. The van der Waals surface area contributed by atoms with Crippen molar-refractivity contribution < 1.29 is 14.3 Å². The van der Waals surface area contributed by atoms with Crippen LogP contribution in [0, 0.1) is 56.7 Å². The molecule has 0 aliphatic heterocycles. The van der Waals surface area contributed by atoms with Crippen molar-refractivity contribution in [2.24, 2.45) is 56.7 Å². The number of ketones is 1. The van der Waals surface area contributed by atoms with Crippen molar-refractivity contribution in [3.63, 3.8) is 0 Å². The molecule has 0 bridgehead atoms. The second kappa shape index (κ2) is 7.70. The molecule has 0 aromatic carbocycles. The minimum Gasteiger partial charge on any atom is -0.462 e. The van der Waals surface area contributed by atoms with Crippen molar-refractivity contribution in [3.8, 4) is 0 Å². The third kappa shape index (κ3) is 3.21. The smallest absolute Gasteiger partial charge is 0.302 e. The van der Waals surface area contributed by atoms with Gasteiger partial charge in [0.05, 0.1) is 0 Å². The number of ether oxygens (including phenoxy) is 1. The summed E-state index contributed by atoms with van der Waals surface area (Å²) in [7, 11) is 0. The van der Waals surface area contributed by atoms with Gasteiger partial charge in [0.2, 0.25) is 0 Å². The summed E-state index contributed by atoms with van der Waals surface area (Å²) < 4.78 is 5.87. The number of hydrogen-bond acceptors (Lipinski definition) is 3. The zero-order valence-electron chi connectivity index (χ0n) is 23.9. The number of carbonyl (C=O) groups excluding carboxylic acids is 2. The van der Waals surface area contributed by atoms with E-state index in [0.717, 1.165) is 32.1 Å². The lowest BCUT2D eigenvalue weighted by Crippen LogP contribution is -2.64. The molecule has 0 saturated heterocycles. The van der Waals surface area contributed by atoms with Gasteiger partial charge in [-0.3, -0.25) is 9.59 Å². The van der Waals surface area contributed by atoms with Crippen LogP contribution in [0.4, 0.5) is 0 Å².